The van der Waals surface area contributed by atoms with Crippen molar-refractivity contribution in [3.8, 4) is 17.1 Å². The molecule has 0 unspecified atom stereocenters. The van der Waals surface area contributed by atoms with Crippen molar-refractivity contribution in [1.29, 1.82) is 0 Å². The smallest absolute Gasteiger partial charge is 0.235 e. The Balaban J connectivity index is 1.91. The lowest BCUT2D eigenvalue weighted by molar-refractivity contribution is 0.292. The van der Waals surface area contributed by atoms with Gasteiger partial charge in [-0.2, -0.15) is 0 Å². The zero-order valence-corrected chi connectivity index (χ0v) is 16.6. The molecule has 0 saturated heterocycles. The summed E-state index contributed by atoms with van der Waals surface area (Å²) < 4.78 is 26.1. The Hall–Kier alpha value is -3.40. The maximum Gasteiger partial charge on any atom is 0.235 e. The van der Waals surface area contributed by atoms with Gasteiger partial charge in [-0.05, 0) is 44.0 Å². The minimum Gasteiger partial charge on any atom is -0.481 e. The van der Waals surface area contributed by atoms with Gasteiger partial charge in [0.25, 0.3) is 0 Å². The van der Waals surface area contributed by atoms with Crippen LogP contribution in [0, 0.1) is 26.6 Å². The van der Waals surface area contributed by atoms with Crippen LogP contribution in [0.1, 0.15) is 22.3 Å². The molecule has 29 heavy (non-hydrogen) atoms. The van der Waals surface area contributed by atoms with Gasteiger partial charge in [-0.25, -0.2) is 4.39 Å². The number of halogens is 1. The molecule has 3 aromatic carbocycles. The Labute approximate surface area is 168 Å². The van der Waals surface area contributed by atoms with Gasteiger partial charge < -0.3 is 9.15 Å². The van der Waals surface area contributed by atoms with E-state index in [-0.39, 0.29) is 23.6 Å². The Kier molecular flexibility index (Phi) is 4.93. The van der Waals surface area contributed by atoms with Gasteiger partial charge in [-0.15, -0.1) is 0 Å². The van der Waals surface area contributed by atoms with Crippen molar-refractivity contribution in [2.24, 2.45) is 0 Å². The molecule has 146 valence electrons. The van der Waals surface area contributed by atoms with Gasteiger partial charge in [0.15, 0.2) is 5.76 Å². The first kappa shape index (κ1) is 18.9. The number of rotatable bonds is 4. The third-order valence-corrected chi connectivity index (χ3v) is 4.92. The number of ether oxygens (including phenoxy) is 1. The molecule has 0 N–H and O–H groups in total. The Morgan fingerprint density at radius 3 is 2.38 bits per heavy atom. The van der Waals surface area contributed by atoms with Gasteiger partial charge >= 0.3 is 0 Å². The molecule has 1 heterocycles. The second kappa shape index (κ2) is 7.55. The van der Waals surface area contributed by atoms with Crippen LogP contribution >= 0.6 is 0 Å². The first-order chi connectivity index (χ1) is 13.9. The summed E-state index contributed by atoms with van der Waals surface area (Å²) in [6.07, 6.45) is 0. The van der Waals surface area contributed by atoms with Gasteiger partial charge in [0.2, 0.25) is 11.2 Å². The van der Waals surface area contributed by atoms with E-state index < -0.39 is 0 Å². The zero-order chi connectivity index (χ0) is 20.5. The molecule has 1 aromatic heterocycles. The summed E-state index contributed by atoms with van der Waals surface area (Å²) in [7, 11) is 0. The van der Waals surface area contributed by atoms with Crippen molar-refractivity contribution >= 4 is 11.0 Å². The molecule has 0 aliphatic carbocycles. The van der Waals surface area contributed by atoms with Crippen LogP contribution in [0.2, 0.25) is 0 Å². The standard InChI is InChI=1S/C25H21FO3/c1-15-8-10-18(11-9-15)24-25(28-14-19-6-4-5-7-21(19)26)22(27)20-13-16(2)12-17(3)23(20)29-24/h4-13H,14H2,1-3H3. The highest BCUT2D eigenvalue weighted by molar-refractivity contribution is 5.85. The number of fused-ring (bicyclic) bond motifs is 1. The molecule has 4 rings (SSSR count). The molecule has 0 spiro atoms. The number of benzene rings is 3. The topological polar surface area (TPSA) is 39.4 Å². The van der Waals surface area contributed by atoms with E-state index in [2.05, 4.69) is 0 Å². The molecule has 0 saturated carbocycles. The monoisotopic (exact) mass is 388 g/mol. The van der Waals surface area contributed by atoms with Gasteiger partial charge in [0.1, 0.15) is 18.0 Å². The molecule has 4 aromatic rings. The fraction of sp³-hybridized carbons (Fsp3) is 0.160. The summed E-state index contributed by atoms with van der Waals surface area (Å²) in [5.41, 5.74) is 4.33. The highest BCUT2D eigenvalue weighted by Gasteiger charge is 2.19. The largest absolute Gasteiger partial charge is 0.481 e. The van der Waals surface area contributed by atoms with E-state index in [0.717, 1.165) is 22.3 Å². The minimum atomic E-state index is -0.374. The fourth-order valence-electron chi connectivity index (χ4n) is 3.42. The van der Waals surface area contributed by atoms with E-state index >= 15 is 0 Å². The molecular weight excluding hydrogens is 367 g/mol. The molecule has 0 bridgehead atoms. The summed E-state index contributed by atoms with van der Waals surface area (Å²) >= 11 is 0. The molecule has 0 amide bonds. The molecule has 0 fully saturated rings. The lowest BCUT2D eigenvalue weighted by Crippen LogP contribution is -2.11. The highest BCUT2D eigenvalue weighted by atomic mass is 19.1. The second-order valence-corrected chi connectivity index (χ2v) is 7.29. The predicted molar refractivity (Wildman–Crippen MR) is 113 cm³/mol. The van der Waals surface area contributed by atoms with Gasteiger partial charge in [-0.1, -0.05) is 54.1 Å². The molecule has 0 aliphatic rings. The average molecular weight is 388 g/mol. The fourth-order valence-corrected chi connectivity index (χ4v) is 3.42. The van der Waals surface area contributed by atoms with E-state index in [1.165, 1.54) is 6.07 Å². The predicted octanol–water partition coefficient (Wildman–Crippen LogP) is 6.10. The minimum absolute atomic E-state index is 0.0629. The van der Waals surface area contributed by atoms with Crippen molar-refractivity contribution in [1.82, 2.24) is 0 Å². The van der Waals surface area contributed by atoms with Crippen LogP contribution in [0.25, 0.3) is 22.3 Å². The lowest BCUT2D eigenvalue weighted by Gasteiger charge is -2.13. The number of hydrogen-bond donors (Lipinski definition) is 0. The van der Waals surface area contributed by atoms with Crippen LogP contribution in [0.4, 0.5) is 4.39 Å². The van der Waals surface area contributed by atoms with Crippen molar-refractivity contribution in [3.63, 3.8) is 0 Å². The van der Waals surface area contributed by atoms with Gasteiger partial charge in [0.05, 0.1) is 5.39 Å². The van der Waals surface area contributed by atoms with Gasteiger partial charge in [-0.3, -0.25) is 4.79 Å². The van der Waals surface area contributed by atoms with E-state index in [1.807, 2.05) is 51.1 Å². The number of hydrogen-bond acceptors (Lipinski definition) is 3. The van der Waals surface area contributed by atoms with Crippen molar-refractivity contribution in [2.75, 3.05) is 0 Å². The first-order valence-corrected chi connectivity index (χ1v) is 9.45. The molecule has 0 radical (unpaired) electrons. The zero-order valence-electron chi connectivity index (χ0n) is 16.6. The van der Waals surface area contributed by atoms with E-state index in [4.69, 9.17) is 9.15 Å². The second-order valence-electron chi connectivity index (χ2n) is 7.29. The van der Waals surface area contributed by atoms with Crippen LogP contribution in [-0.2, 0) is 6.61 Å². The number of aryl methyl sites for hydroxylation is 3. The average Bonchev–Trinajstić information content (AvgIpc) is 2.69. The quantitative estimate of drug-likeness (QED) is 0.424. The third-order valence-electron chi connectivity index (χ3n) is 4.92. The van der Waals surface area contributed by atoms with Crippen molar-refractivity contribution < 1.29 is 13.5 Å². The summed E-state index contributed by atoms with van der Waals surface area (Å²) in [6.45, 7) is 5.77. The maximum absolute atomic E-state index is 14.0. The van der Waals surface area contributed by atoms with Crippen molar-refractivity contribution in [2.45, 2.75) is 27.4 Å². The molecule has 0 aliphatic heterocycles. The molecule has 3 nitrogen and oxygen atoms in total. The third kappa shape index (κ3) is 3.66. The molecule has 0 atom stereocenters. The first-order valence-electron chi connectivity index (χ1n) is 9.45. The maximum atomic E-state index is 14.0. The van der Waals surface area contributed by atoms with E-state index in [1.54, 1.807) is 24.3 Å². The van der Waals surface area contributed by atoms with E-state index in [0.29, 0.717) is 22.3 Å². The SMILES string of the molecule is Cc1ccc(-c2oc3c(C)cc(C)cc3c(=O)c2OCc2ccccc2F)cc1. The molecule has 4 heteroatoms. The van der Waals surface area contributed by atoms with Crippen LogP contribution < -0.4 is 10.2 Å². The van der Waals surface area contributed by atoms with Crippen LogP contribution in [0.5, 0.6) is 5.75 Å². The highest BCUT2D eigenvalue weighted by Crippen LogP contribution is 2.33. The Morgan fingerprint density at radius 2 is 1.66 bits per heavy atom. The Bertz CT molecular complexity index is 1250. The van der Waals surface area contributed by atoms with E-state index in [9.17, 15) is 9.18 Å². The summed E-state index contributed by atoms with van der Waals surface area (Å²) in [5.74, 6) is 0.0710. The van der Waals surface area contributed by atoms with Crippen molar-refractivity contribution in [3.05, 3.63) is 99.0 Å². The van der Waals surface area contributed by atoms with Crippen LogP contribution in [0.3, 0.4) is 0 Å². The lowest BCUT2D eigenvalue weighted by atomic mass is 10.0. The van der Waals surface area contributed by atoms with Crippen LogP contribution in [-0.4, -0.2) is 0 Å². The van der Waals surface area contributed by atoms with Gasteiger partial charge in [0, 0.05) is 11.1 Å². The normalized spacial score (nSPS) is 11.0. The molecular formula is C25H21FO3. The summed E-state index contributed by atoms with van der Waals surface area (Å²) in [5, 5.41) is 0.460. The Morgan fingerprint density at radius 1 is 0.931 bits per heavy atom. The summed E-state index contributed by atoms with van der Waals surface area (Å²) in [4.78, 5) is 13.3. The van der Waals surface area contributed by atoms with Crippen LogP contribution in [0.15, 0.2) is 69.9 Å². The summed E-state index contributed by atoms with van der Waals surface area (Å²) in [6, 6.07) is 17.8.